The summed E-state index contributed by atoms with van der Waals surface area (Å²) in [5.41, 5.74) is 2.23. The Kier molecular flexibility index (Phi) is 14.7. The van der Waals surface area contributed by atoms with Crippen molar-refractivity contribution in [1.29, 1.82) is 0 Å². The third-order valence-electron chi connectivity index (χ3n) is 8.46. The van der Waals surface area contributed by atoms with Gasteiger partial charge in [-0.05, 0) is 42.2 Å². The molecule has 1 fully saturated rings. The molecule has 0 amide bonds. The van der Waals surface area contributed by atoms with Crippen molar-refractivity contribution < 1.29 is 80.9 Å². The van der Waals surface area contributed by atoms with E-state index in [0.717, 1.165) is 31.9 Å². The van der Waals surface area contributed by atoms with Crippen LogP contribution in [0.2, 0.25) is 0 Å². The lowest BCUT2D eigenvalue weighted by molar-refractivity contribution is -0.288. The van der Waals surface area contributed by atoms with Crippen LogP contribution in [0.3, 0.4) is 0 Å². The predicted molar refractivity (Wildman–Crippen MR) is 186 cm³/mol. The van der Waals surface area contributed by atoms with Gasteiger partial charge in [-0.25, -0.2) is 0 Å². The Morgan fingerprint density at radius 1 is 0.636 bits per heavy atom. The Morgan fingerprint density at radius 3 is 1.84 bits per heavy atom. The first-order valence-electron chi connectivity index (χ1n) is 17.4. The molecule has 0 bridgehead atoms. The van der Waals surface area contributed by atoms with Crippen molar-refractivity contribution in [3.05, 3.63) is 47.0 Å². The molecule has 0 N–H and O–H groups in total. The van der Waals surface area contributed by atoms with Crippen molar-refractivity contribution >= 4 is 35.8 Å². The maximum absolute atomic E-state index is 12.3. The van der Waals surface area contributed by atoms with Crippen LogP contribution in [0.4, 0.5) is 0 Å². The van der Waals surface area contributed by atoms with Crippen LogP contribution in [-0.2, 0) is 68.3 Å². The molecule has 2 aromatic rings. The molecular weight excluding hydrogens is 728 g/mol. The van der Waals surface area contributed by atoms with Gasteiger partial charge in [0, 0.05) is 47.1 Å². The largest absolute Gasteiger partial charge is 0.493 e. The molecule has 4 rings (SSSR count). The van der Waals surface area contributed by atoms with Crippen LogP contribution >= 0.6 is 0 Å². The number of esters is 6. The summed E-state index contributed by atoms with van der Waals surface area (Å²) in [7, 11) is 2.91. The maximum Gasteiger partial charge on any atom is 0.303 e. The van der Waals surface area contributed by atoms with Crippen LogP contribution in [0, 0.1) is 0 Å². The summed E-state index contributed by atoms with van der Waals surface area (Å²) in [5.74, 6) is -3.16. The highest BCUT2D eigenvalue weighted by atomic mass is 16.7. The van der Waals surface area contributed by atoms with E-state index in [1.54, 1.807) is 18.2 Å². The molecule has 0 radical (unpaired) electrons. The number of benzene rings is 2. The van der Waals surface area contributed by atoms with E-state index >= 15 is 0 Å². The first-order chi connectivity index (χ1) is 26.1. The number of methoxy groups -OCH3 is 2. The van der Waals surface area contributed by atoms with Gasteiger partial charge in [0.05, 0.1) is 26.7 Å². The van der Waals surface area contributed by atoms with Crippen molar-refractivity contribution in [1.82, 2.24) is 0 Å². The summed E-state index contributed by atoms with van der Waals surface area (Å²) < 4.78 is 62.4. The van der Waals surface area contributed by atoms with Gasteiger partial charge in [-0.15, -0.1) is 0 Å². The number of hydrogen-bond acceptors (Lipinski definition) is 17. The summed E-state index contributed by atoms with van der Waals surface area (Å²) in [6, 6.07) is 8.66. The Labute approximate surface area is 317 Å². The molecule has 7 atom stereocenters. The minimum Gasteiger partial charge on any atom is -0.493 e. The molecule has 0 spiro atoms. The summed E-state index contributed by atoms with van der Waals surface area (Å²) in [4.78, 5) is 71.6. The number of aryl methyl sites for hydroxylation is 1. The van der Waals surface area contributed by atoms with Gasteiger partial charge in [-0.1, -0.05) is 12.1 Å². The molecule has 0 aromatic heterocycles. The number of hydrogen-bond donors (Lipinski definition) is 0. The molecule has 2 aromatic carbocycles. The average molecular weight is 775 g/mol. The fraction of sp³-hybridized carbons (Fsp3) is 0.526. The maximum atomic E-state index is 12.3. The number of rotatable bonds is 16. The van der Waals surface area contributed by atoms with E-state index in [9.17, 15) is 28.8 Å². The Bertz CT molecular complexity index is 1740. The van der Waals surface area contributed by atoms with Crippen molar-refractivity contribution in [3.8, 4) is 23.0 Å². The molecule has 0 unspecified atom stereocenters. The highest BCUT2D eigenvalue weighted by Crippen LogP contribution is 2.52. The molecule has 0 aliphatic carbocycles. The van der Waals surface area contributed by atoms with Gasteiger partial charge >= 0.3 is 35.8 Å². The van der Waals surface area contributed by atoms with Gasteiger partial charge in [0.15, 0.2) is 35.2 Å². The van der Waals surface area contributed by atoms with Gasteiger partial charge in [0.1, 0.15) is 25.4 Å². The second kappa shape index (κ2) is 19.1. The zero-order valence-corrected chi connectivity index (χ0v) is 31.9. The molecule has 55 heavy (non-hydrogen) atoms. The Balaban J connectivity index is 1.70. The van der Waals surface area contributed by atoms with Gasteiger partial charge < -0.3 is 52.1 Å². The fourth-order valence-corrected chi connectivity index (χ4v) is 6.30. The van der Waals surface area contributed by atoms with E-state index in [0.29, 0.717) is 29.9 Å². The lowest BCUT2D eigenvalue weighted by Gasteiger charge is -2.44. The van der Waals surface area contributed by atoms with Crippen molar-refractivity contribution in [3.63, 3.8) is 0 Å². The second-order valence-corrected chi connectivity index (χ2v) is 12.7. The van der Waals surface area contributed by atoms with Crippen molar-refractivity contribution in [2.24, 2.45) is 0 Å². The standard InChI is InChI=1S/C38H46O17/c1-19(39)47-13-9-10-25-14-27-28(17-48-20(2)40)33(55-34(27)31(15-25)46-8)26-11-12-29(30(16-26)45-7)53-38-37(52-24(6)44)36(51-23(5)43)35(50-22(4)42)32(54-38)18-49-21(3)41/h11-12,14-16,28,32-33,35-38H,9-10,13,17-18H2,1-8H3/t28-,32+,33+,35+,36-,37+,38+/m0/s1. The van der Waals surface area contributed by atoms with Crippen LogP contribution in [0.15, 0.2) is 30.3 Å². The van der Waals surface area contributed by atoms with Gasteiger partial charge in [-0.2, -0.15) is 0 Å². The predicted octanol–water partition coefficient (Wildman–Crippen LogP) is 3.44. The van der Waals surface area contributed by atoms with E-state index in [-0.39, 0.29) is 30.7 Å². The number of carbonyl (C=O) groups excluding carboxylic acids is 6. The summed E-state index contributed by atoms with van der Waals surface area (Å²) >= 11 is 0. The van der Waals surface area contributed by atoms with E-state index < -0.39 is 79.2 Å². The van der Waals surface area contributed by atoms with Crippen LogP contribution in [0.1, 0.15) is 76.7 Å². The third kappa shape index (κ3) is 11.2. The lowest BCUT2D eigenvalue weighted by atomic mass is 9.90. The number of ether oxygens (including phenoxy) is 11. The quantitative estimate of drug-likeness (QED) is 0.136. The highest BCUT2D eigenvalue weighted by Gasteiger charge is 2.53. The monoisotopic (exact) mass is 774 g/mol. The topological polar surface area (TPSA) is 204 Å². The van der Waals surface area contributed by atoms with Gasteiger partial charge in [0.2, 0.25) is 12.4 Å². The molecule has 1 saturated heterocycles. The normalized spacial score (nSPS) is 22.5. The molecule has 2 aliphatic rings. The van der Waals surface area contributed by atoms with Crippen LogP contribution in [0.5, 0.6) is 23.0 Å². The minimum absolute atomic E-state index is 0.0294. The third-order valence-corrected chi connectivity index (χ3v) is 8.46. The second-order valence-electron chi connectivity index (χ2n) is 12.7. The van der Waals surface area contributed by atoms with E-state index in [2.05, 4.69) is 0 Å². The average Bonchev–Trinajstić information content (AvgIpc) is 3.48. The van der Waals surface area contributed by atoms with E-state index in [1.807, 2.05) is 12.1 Å². The van der Waals surface area contributed by atoms with E-state index in [1.165, 1.54) is 35.0 Å². The summed E-state index contributed by atoms with van der Waals surface area (Å²) in [5, 5.41) is 0. The smallest absolute Gasteiger partial charge is 0.303 e. The van der Waals surface area contributed by atoms with Crippen LogP contribution < -0.4 is 18.9 Å². The molecule has 17 nitrogen and oxygen atoms in total. The zero-order chi connectivity index (χ0) is 40.4. The lowest BCUT2D eigenvalue weighted by Crippen LogP contribution is -2.63. The number of fused-ring (bicyclic) bond motifs is 1. The van der Waals surface area contributed by atoms with Crippen molar-refractivity contribution in [2.45, 2.75) is 97.1 Å². The Morgan fingerprint density at radius 2 is 1.24 bits per heavy atom. The number of carbonyl (C=O) groups is 6. The molecular formula is C38H46O17. The molecule has 2 heterocycles. The zero-order valence-electron chi connectivity index (χ0n) is 31.9. The molecule has 300 valence electrons. The van der Waals surface area contributed by atoms with Crippen LogP contribution in [0.25, 0.3) is 0 Å². The SMILES string of the molecule is COc1cc([C@H]2Oc3c(OC)cc(CCCOC(C)=O)cc3[C@@H]2COC(C)=O)ccc1O[C@@H]1O[C@H](COC(C)=O)[C@@H](OC(C)=O)[C@H](OC(C)=O)[C@H]1OC(C)=O. The van der Waals surface area contributed by atoms with Gasteiger partial charge in [0.25, 0.3) is 0 Å². The minimum atomic E-state index is -1.51. The van der Waals surface area contributed by atoms with Crippen LogP contribution in [-0.4, -0.2) is 101 Å². The Hall–Kier alpha value is -5.58. The highest BCUT2D eigenvalue weighted by molar-refractivity contribution is 5.69. The van der Waals surface area contributed by atoms with Crippen molar-refractivity contribution in [2.75, 3.05) is 34.0 Å². The van der Waals surface area contributed by atoms with Gasteiger partial charge in [-0.3, -0.25) is 28.8 Å². The summed E-state index contributed by atoms with van der Waals surface area (Å²) in [6.07, 6.45) is -6.58. The first kappa shape index (κ1) is 42.2. The first-order valence-corrected chi connectivity index (χ1v) is 17.4. The fourth-order valence-electron chi connectivity index (χ4n) is 6.30. The molecule has 17 heteroatoms. The van der Waals surface area contributed by atoms with E-state index in [4.69, 9.17) is 52.1 Å². The molecule has 0 saturated carbocycles. The molecule has 2 aliphatic heterocycles. The summed E-state index contributed by atoms with van der Waals surface area (Å²) in [6.45, 7) is 6.96.